The van der Waals surface area contributed by atoms with Crippen LogP contribution in [0.25, 0.3) is 0 Å². The summed E-state index contributed by atoms with van der Waals surface area (Å²) in [6, 6.07) is 7.42. The van der Waals surface area contributed by atoms with Crippen molar-refractivity contribution < 1.29 is 9.00 Å². The second-order valence-corrected chi connectivity index (χ2v) is 4.18. The molecule has 2 nitrogen and oxygen atoms in total. The van der Waals surface area contributed by atoms with Gasteiger partial charge in [0.25, 0.3) is 0 Å². The van der Waals surface area contributed by atoms with Crippen LogP contribution >= 0.6 is 0 Å². The Labute approximate surface area is 73.1 Å². The molecule has 1 aromatic rings. The quantitative estimate of drug-likeness (QED) is 0.602. The van der Waals surface area contributed by atoms with E-state index in [1.165, 1.54) is 0 Å². The van der Waals surface area contributed by atoms with Gasteiger partial charge in [0.15, 0.2) is 0 Å². The zero-order chi connectivity index (χ0) is 8.55. The van der Waals surface area contributed by atoms with Crippen LogP contribution in [0.4, 0.5) is 0 Å². The molecule has 0 bridgehead atoms. The molecule has 12 heavy (non-hydrogen) atoms. The molecule has 1 unspecified atom stereocenters. The number of hydrogen-bond donors (Lipinski definition) is 0. The van der Waals surface area contributed by atoms with Crippen molar-refractivity contribution in [1.29, 1.82) is 0 Å². The highest BCUT2D eigenvalue weighted by Crippen LogP contribution is 2.21. The molecule has 0 N–H and O–H groups in total. The fourth-order valence-electron chi connectivity index (χ4n) is 1.34. The van der Waals surface area contributed by atoms with Gasteiger partial charge in [-0.05, 0) is 18.1 Å². The fraction of sp³-hybridized carbons (Fsp3) is 0.222. The molecule has 0 radical (unpaired) electrons. The summed E-state index contributed by atoms with van der Waals surface area (Å²) >= 11 is 0. The lowest BCUT2D eigenvalue weighted by atomic mass is 10.1. The Kier molecular flexibility index (Phi) is 1.81. The summed E-state index contributed by atoms with van der Waals surface area (Å²) < 4.78 is 11.4. The van der Waals surface area contributed by atoms with Crippen molar-refractivity contribution in [3.63, 3.8) is 0 Å². The zero-order valence-corrected chi connectivity index (χ0v) is 7.26. The minimum atomic E-state index is -1.40. The molecular formula is C9H8O2S. The van der Waals surface area contributed by atoms with Gasteiger partial charge in [-0.15, -0.1) is 0 Å². The van der Waals surface area contributed by atoms with Gasteiger partial charge in [0, 0.05) is 11.3 Å². The number of fused-ring (bicyclic) bond motifs is 1. The van der Waals surface area contributed by atoms with Crippen LogP contribution in [-0.4, -0.2) is 9.32 Å². The van der Waals surface area contributed by atoms with Gasteiger partial charge >= 0.3 is 0 Å². The Morgan fingerprint density at radius 1 is 1.17 bits per heavy atom. The van der Waals surface area contributed by atoms with Gasteiger partial charge in [-0.3, -0.25) is 4.79 Å². The molecule has 0 spiro atoms. The monoisotopic (exact) mass is 180 g/mol. The first-order chi connectivity index (χ1) is 5.79. The predicted molar refractivity (Wildman–Crippen MR) is 46.2 cm³/mol. The van der Waals surface area contributed by atoms with E-state index < -0.39 is 10.8 Å². The molecule has 1 atom stereocenters. The van der Waals surface area contributed by atoms with Gasteiger partial charge in [0.05, 0.1) is 0 Å². The van der Waals surface area contributed by atoms with Gasteiger partial charge in [-0.1, -0.05) is 18.2 Å². The Balaban J connectivity index is 2.56. The molecule has 0 amide bonds. The van der Waals surface area contributed by atoms with E-state index in [1.807, 2.05) is 18.2 Å². The first-order valence-electron chi connectivity index (χ1n) is 3.81. The highest BCUT2D eigenvalue weighted by Gasteiger charge is 2.22. The van der Waals surface area contributed by atoms with Crippen molar-refractivity contribution in [3.8, 4) is 0 Å². The molecule has 0 saturated carbocycles. The van der Waals surface area contributed by atoms with Crippen molar-refractivity contribution in [2.45, 2.75) is 17.7 Å². The predicted octanol–water partition coefficient (Wildman–Crippen LogP) is 1.27. The van der Waals surface area contributed by atoms with E-state index in [0.717, 1.165) is 12.0 Å². The summed E-state index contributed by atoms with van der Waals surface area (Å²) in [7, 11) is -1.40. The summed E-state index contributed by atoms with van der Waals surface area (Å²) in [5.41, 5.74) is 1.05. The minimum absolute atomic E-state index is 0.145. The van der Waals surface area contributed by atoms with Crippen molar-refractivity contribution >= 4 is 15.9 Å². The lowest BCUT2D eigenvalue weighted by Gasteiger charge is -2.12. The van der Waals surface area contributed by atoms with Crippen molar-refractivity contribution in [3.05, 3.63) is 29.8 Å². The maximum absolute atomic E-state index is 11.4. The van der Waals surface area contributed by atoms with Crippen LogP contribution in [0.15, 0.2) is 29.2 Å². The fourth-order valence-corrected chi connectivity index (χ4v) is 2.49. The van der Waals surface area contributed by atoms with E-state index in [1.54, 1.807) is 6.07 Å². The number of carbonyl (C=O) groups is 1. The third-order valence-electron chi connectivity index (χ3n) is 1.98. The van der Waals surface area contributed by atoms with E-state index >= 15 is 0 Å². The maximum Gasteiger partial charge on any atom is 0.224 e. The Hall–Kier alpha value is -0.960. The standard InChI is InChI=1S/C9H8O2S/c10-9-6-5-7-3-1-2-4-8(7)12(9)11/h1-4H,5-6H2. The zero-order valence-electron chi connectivity index (χ0n) is 6.45. The number of rotatable bonds is 0. The van der Waals surface area contributed by atoms with Gasteiger partial charge in [-0.25, -0.2) is 4.21 Å². The molecular weight excluding hydrogens is 172 g/mol. The Morgan fingerprint density at radius 2 is 1.92 bits per heavy atom. The SMILES string of the molecule is O=C1CCc2ccccc2S1=O. The molecule has 0 aromatic heterocycles. The second-order valence-electron chi connectivity index (χ2n) is 2.75. The van der Waals surface area contributed by atoms with Crippen LogP contribution in [0.3, 0.4) is 0 Å². The third kappa shape index (κ3) is 1.10. The average Bonchev–Trinajstić information content (AvgIpc) is 2.12. The first-order valence-corrected chi connectivity index (χ1v) is 4.96. The molecule has 1 aliphatic rings. The average molecular weight is 180 g/mol. The summed E-state index contributed by atoms with van der Waals surface area (Å²) in [6.45, 7) is 0. The van der Waals surface area contributed by atoms with Crippen LogP contribution in [0, 0.1) is 0 Å². The molecule has 0 fully saturated rings. The van der Waals surface area contributed by atoms with Crippen LogP contribution in [0.5, 0.6) is 0 Å². The Bertz CT molecular complexity index is 357. The highest BCUT2D eigenvalue weighted by atomic mass is 32.2. The van der Waals surface area contributed by atoms with Crippen LogP contribution < -0.4 is 0 Å². The van der Waals surface area contributed by atoms with Crippen LogP contribution in [-0.2, 0) is 22.0 Å². The number of carbonyl (C=O) groups excluding carboxylic acids is 1. The first kappa shape index (κ1) is 7.68. The summed E-state index contributed by atoms with van der Waals surface area (Å²) in [5.74, 6) is 0. The van der Waals surface area contributed by atoms with Gasteiger partial charge in [-0.2, -0.15) is 0 Å². The number of hydrogen-bond acceptors (Lipinski definition) is 2. The summed E-state index contributed by atoms with van der Waals surface area (Å²) in [5, 5.41) is -0.145. The molecule has 1 aromatic carbocycles. The molecule has 1 aliphatic heterocycles. The molecule has 62 valence electrons. The lowest BCUT2D eigenvalue weighted by molar-refractivity contribution is -0.111. The van der Waals surface area contributed by atoms with Gasteiger partial charge in [0.2, 0.25) is 5.12 Å². The summed E-state index contributed by atoms with van der Waals surface area (Å²) in [6.07, 6.45) is 1.16. The van der Waals surface area contributed by atoms with E-state index in [-0.39, 0.29) is 5.12 Å². The van der Waals surface area contributed by atoms with Crippen molar-refractivity contribution in [2.24, 2.45) is 0 Å². The molecule has 3 heteroatoms. The lowest BCUT2D eigenvalue weighted by Crippen LogP contribution is -2.16. The number of benzene rings is 1. The molecule has 0 aliphatic carbocycles. The van der Waals surface area contributed by atoms with Gasteiger partial charge in [0.1, 0.15) is 10.8 Å². The smallest absolute Gasteiger partial charge is 0.224 e. The largest absolute Gasteiger partial charge is 0.284 e. The molecule has 2 rings (SSSR count). The second kappa shape index (κ2) is 2.83. The van der Waals surface area contributed by atoms with Gasteiger partial charge < -0.3 is 0 Å². The molecule has 0 saturated heterocycles. The normalized spacial score (nSPS) is 22.0. The third-order valence-corrected chi connectivity index (χ3v) is 3.39. The van der Waals surface area contributed by atoms with Crippen molar-refractivity contribution in [1.82, 2.24) is 0 Å². The topological polar surface area (TPSA) is 34.1 Å². The van der Waals surface area contributed by atoms with Crippen LogP contribution in [0.2, 0.25) is 0 Å². The number of aryl methyl sites for hydroxylation is 1. The maximum atomic E-state index is 11.4. The van der Waals surface area contributed by atoms with E-state index in [0.29, 0.717) is 11.3 Å². The minimum Gasteiger partial charge on any atom is -0.284 e. The van der Waals surface area contributed by atoms with E-state index in [2.05, 4.69) is 0 Å². The van der Waals surface area contributed by atoms with Crippen molar-refractivity contribution in [2.75, 3.05) is 0 Å². The summed E-state index contributed by atoms with van der Waals surface area (Å²) in [4.78, 5) is 11.8. The van der Waals surface area contributed by atoms with Crippen LogP contribution in [0.1, 0.15) is 12.0 Å². The highest BCUT2D eigenvalue weighted by molar-refractivity contribution is 8.00. The van der Waals surface area contributed by atoms with E-state index in [4.69, 9.17) is 0 Å². The molecule has 1 heterocycles. The van der Waals surface area contributed by atoms with E-state index in [9.17, 15) is 9.00 Å². The Morgan fingerprint density at radius 3 is 2.75 bits per heavy atom.